The Labute approximate surface area is 152 Å². The minimum absolute atomic E-state index is 0.0641. The largest absolute Gasteiger partial charge is 0.461 e. The van der Waals surface area contributed by atoms with Crippen LogP contribution >= 0.6 is 0 Å². The number of ether oxygens (including phenoxy) is 1. The van der Waals surface area contributed by atoms with Gasteiger partial charge in [0.2, 0.25) is 0 Å². The highest BCUT2D eigenvalue weighted by atomic mass is 16.5. The number of nitrogens with zero attached hydrogens (tertiary/aromatic N) is 1. The zero-order valence-electron chi connectivity index (χ0n) is 14.9. The quantitative estimate of drug-likeness (QED) is 0.365. The molecule has 0 radical (unpaired) electrons. The Balaban J connectivity index is 1.61. The van der Waals surface area contributed by atoms with Crippen LogP contribution in [0.15, 0.2) is 36.4 Å². The number of hydrogen-bond donors (Lipinski definition) is 0. The van der Waals surface area contributed by atoms with Gasteiger partial charge >= 0.3 is 5.97 Å². The molecule has 1 aromatic carbocycles. The first-order valence-electron chi connectivity index (χ1n) is 8.72. The Bertz CT molecular complexity index is 687. The monoisotopic (exact) mass is 357 g/mol. The molecular weight excluding hydrogens is 334 g/mol. The lowest BCUT2D eigenvalue weighted by Gasteiger charge is -2.12. The second-order valence-corrected chi connectivity index (χ2v) is 6.25. The summed E-state index contributed by atoms with van der Waals surface area (Å²) in [5.74, 6) is -0.928. The minimum atomic E-state index is -0.347. The summed E-state index contributed by atoms with van der Waals surface area (Å²) in [5, 5.41) is 0. The Morgan fingerprint density at radius 2 is 1.54 bits per heavy atom. The summed E-state index contributed by atoms with van der Waals surface area (Å²) in [7, 11) is 0. The molecule has 0 bridgehead atoms. The molecule has 6 nitrogen and oxygen atoms in total. The third-order valence-electron chi connectivity index (χ3n) is 4.15. The number of carbonyl (C=O) groups excluding carboxylic acids is 4. The number of unbranched alkanes of at least 4 members (excludes halogenated alkanes) is 1. The lowest BCUT2D eigenvalue weighted by molar-refractivity contribution is -0.142. The molecule has 0 saturated carbocycles. The Hall–Kier alpha value is -2.76. The average Bonchev–Trinajstić information content (AvgIpc) is 2.94. The van der Waals surface area contributed by atoms with Crippen LogP contribution in [0.25, 0.3) is 0 Å². The van der Waals surface area contributed by atoms with Crippen molar-refractivity contribution in [3.63, 3.8) is 0 Å². The molecule has 0 saturated heterocycles. The van der Waals surface area contributed by atoms with Crippen LogP contribution in [0.5, 0.6) is 0 Å². The number of ketones is 1. The number of rotatable bonds is 10. The molecule has 0 atom stereocenters. The van der Waals surface area contributed by atoms with Gasteiger partial charge in [-0.3, -0.25) is 24.1 Å². The van der Waals surface area contributed by atoms with E-state index in [1.54, 1.807) is 0 Å². The van der Waals surface area contributed by atoms with Gasteiger partial charge in [-0.2, -0.15) is 0 Å². The number of amides is 2. The van der Waals surface area contributed by atoms with Gasteiger partial charge in [-0.25, -0.2) is 0 Å². The van der Waals surface area contributed by atoms with Gasteiger partial charge in [0.05, 0.1) is 0 Å². The molecule has 6 heteroatoms. The molecule has 2 rings (SSSR count). The van der Waals surface area contributed by atoms with Crippen LogP contribution in [-0.2, 0) is 36.9 Å². The van der Waals surface area contributed by atoms with Gasteiger partial charge in [0.1, 0.15) is 12.4 Å². The maximum absolute atomic E-state index is 11.9. The first kappa shape index (κ1) is 19.6. The minimum Gasteiger partial charge on any atom is -0.461 e. The smallest absolute Gasteiger partial charge is 0.302 e. The highest BCUT2D eigenvalue weighted by molar-refractivity contribution is 6.13. The van der Waals surface area contributed by atoms with Gasteiger partial charge in [-0.15, -0.1) is 0 Å². The van der Waals surface area contributed by atoms with Crippen molar-refractivity contribution < 1.29 is 23.9 Å². The van der Waals surface area contributed by atoms with Crippen molar-refractivity contribution in [1.29, 1.82) is 0 Å². The van der Waals surface area contributed by atoms with Crippen LogP contribution in [0, 0.1) is 0 Å². The van der Waals surface area contributed by atoms with Crippen molar-refractivity contribution in [3.8, 4) is 0 Å². The van der Waals surface area contributed by atoms with Crippen LogP contribution in [0.1, 0.15) is 43.7 Å². The molecule has 2 amide bonds. The molecule has 0 unspecified atom stereocenters. The van der Waals surface area contributed by atoms with Gasteiger partial charge in [-0.1, -0.05) is 24.3 Å². The van der Waals surface area contributed by atoms with Gasteiger partial charge in [0.15, 0.2) is 0 Å². The van der Waals surface area contributed by atoms with Crippen molar-refractivity contribution in [2.45, 2.75) is 45.6 Å². The number of hydrogen-bond acceptors (Lipinski definition) is 5. The standard InChI is InChI=1S/C20H23NO5/c1-15(22)26-14-17-8-6-16(7-9-17)4-2-3-5-18(23)12-13-21-19(24)10-11-20(21)25/h6-11H,2-5,12-14H2,1H3. The van der Waals surface area contributed by atoms with Crippen LogP contribution in [0.3, 0.4) is 0 Å². The number of benzene rings is 1. The summed E-state index contributed by atoms with van der Waals surface area (Å²) in [4.78, 5) is 46.5. The highest BCUT2D eigenvalue weighted by Crippen LogP contribution is 2.11. The zero-order chi connectivity index (χ0) is 18.9. The van der Waals surface area contributed by atoms with E-state index >= 15 is 0 Å². The normalized spacial score (nSPS) is 13.3. The molecule has 0 fully saturated rings. The topological polar surface area (TPSA) is 80.8 Å². The van der Waals surface area contributed by atoms with Crippen LogP contribution < -0.4 is 0 Å². The van der Waals surface area contributed by atoms with Gasteiger partial charge in [0, 0.05) is 38.5 Å². The van der Waals surface area contributed by atoms with Gasteiger partial charge < -0.3 is 4.74 Å². The number of aryl methyl sites for hydroxylation is 1. The van der Waals surface area contributed by atoms with E-state index < -0.39 is 0 Å². The molecule has 0 aliphatic carbocycles. The van der Waals surface area contributed by atoms with Crippen LogP contribution in [0.4, 0.5) is 0 Å². The predicted molar refractivity (Wildman–Crippen MR) is 95.0 cm³/mol. The Morgan fingerprint density at radius 1 is 0.923 bits per heavy atom. The van der Waals surface area contributed by atoms with Crippen molar-refractivity contribution in [2.75, 3.05) is 6.54 Å². The third-order valence-corrected chi connectivity index (χ3v) is 4.15. The molecule has 0 spiro atoms. The van der Waals surface area contributed by atoms with E-state index in [2.05, 4.69) is 0 Å². The van der Waals surface area contributed by atoms with Gasteiger partial charge in [0.25, 0.3) is 11.8 Å². The van der Waals surface area contributed by atoms with E-state index in [9.17, 15) is 19.2 Å². The van der Waals surface area contributed by atoms with Crippen LogP contribution in [-0.4, -0.2) is 35.0 Å². The van der Waals surface area contributed by atoms with E-state index in [1.165, 1.54) is 24.6 Å². The van der Waals surface area contributed by atoms with E-state index in [-0.39, 0.29) is 43.1 Å². The Morgan fingerprint density at radius 3 is 2.15 bits per heavy atom. The number of carbonyl (C=O) groups is 4. The molecule has 0 N–H and O–H groups in total. The molecule has 138 valence electrons. The second-order valence-electron chi connectivity index (χ2n) is 6.25. The molecule has 1 aliphatic heterocycles. The van der Waals surface area contributed by atoms with Crippen molar-refractivity contribution in [1.82, 2.24) is 4.90 Å². The lowest BCUT2D eigenvalue weighted by Crippen LogP contribution is -2.32. The predicted octanol–water partition coefficient (Wildman–Crippen LogP) is 2.35. The first-order chi connectivity index (χ1) is 12.5. The second kappa shape index (κ2) is 9.65. The summed E-state index contributed by atoms with van der Waals surface area (Å²) < 4.78 is 4.94. The molecule has 1 heterocycles. The lowest BCUT2D eigenvalue weighted by atomic mass is 10.0. The summed E-state index contributed by atoms with van der Waals surface area (Å²) in [6.45, 7) is 1.82. The third kappa shape index (κ3) is 6.27. The van der Waals surface area contributed by atoms with E-state index in [1.807, 2.05) is 24.3 Å². The van der Waals surface area contributed by atoms with Crippen molar-refractivity contribution in [2.24, 2.45) is 0 Å². The summed E-state index contributed by atoms with van der Waals surface area (Å²) in [6, 6.07) is 7.86. The van der Waals surface area contributed by atoms with E-state index in [0.29, 0.717) is 6.42 Å². The van der Waals surface area contributed by atoms with Crippen LogP contribution in [0.2, 0.25) is 0 Å². The van der Waals surface area contributed by atoms with E-state index in [0.717, 1.165) is 29.7 Å². The summed E-state index contributed by atoms with van der Waals surface area (Å²) >= 11 is 0. The molecule has 0 aromatic heterocycles. The molecule has 1 aromatic rings. The zero-order valence-corrected chi connectivity index (χ0v) is 14.9. The average molecular weight is 357 g/mol. The fraction of sp³-hybridized carbons (Fsp3) is 0.400. The number of esters is 1. The van der Waals surface area contributed by atoms with Crippen molar-refractivity contribution >= 4 is 23.6 Å². The molecule has 1 aliphatic rings. The maximum Gasteiger partial charge on any atom is 0.302 e. The Kier molecular flexibility index (Phi) is 7.26. The number of Topliss-reactive ketones (excluding diaryl/α,β-unsaturated/α-hetero) is 1. The highest BCUT2D eigenvalue weighted by Gasteiger charge is 2.23. The first-order valence-corrected chi connectivity index (χ1v) is 8.72. The van der Waals surface area contributed by atoms with Gasteiger partial charge in [-0.05, 0) is 30.4 Å². The summed E-state index contributed by atoms with van der Waals surface area (Å²) in [5.41, 5.74) is 2.11. The van der Waals surface area contributed by atoms with E-state index in [4.69, 9.17) is 4.74 Å². The number of imide groups is 1. The molecular formula is C20H23NO5. The summed E-state index contributed by atoms with van der Waals surface area (Å²) in [6.07, 6.45) is 5.65. The fourth-order valence-electron chi connectivity index (χ4n) is 2.65. The molecule has 26 heavy (non-hydrogen) atoms. The maximum atomic E-state index is 11.9. The van der Waals surface area contributed by atoms with Crippen molar-refractivity contribution in [3.05, 3.63) is 47.5 Å². The fourth-order valence-corrected chi connectivity index (χ4v) is 2.65. The SMILES string of the molecule is CC(=O)OCc1ccc(CCCCC(=O)CCN2C(=O)C=CC2=O)cc1.